The minimum Gasteiger partial charge on any atom is -0.488 e. The predicted molar refractivity (Wildman–Crippen MR) is 86.1 cm³/mol. The van der Waals surface area contributed by atoms with Crippen molar-refractivity contribution in [2.75, 3.05) is 7.11 Å². The van der Waals surface area contributed by atoms with Crippen molar-refractivity contribution in [3.63, 3.8) is 0 Å². The summed E-state index contributed by atoms with van der Waals surface area (Å²) in [4.78, 5) is 11.7. The van der Waals surface area contributed by atoms with Gasteiger partial charge in [-0.3, -0.25) is 0 Å². The molecule has 0 aliphatic rings. The fourth-order valence-electron chi connectivity index (χ4n) is 2.35. The Kier molecular flexibility index (Phi) is 4.05. The molecule has 0 saturated carbocycles. The molecule has 0 saturated heterocycles. The first-order chi connectivity index (χ1) is 10.8. The van der Waals surface area contributed by atoms with Crippen molar-refractivity contribution >= 4 is 16.7 Å². The highest BCUT2D eigenvalue weighted by Crippen LogP contribution is 2.27. The van der Waals surface area contributed by atoms with Gasteiger partial charge in [-0.2, -0.15) is 0 Å². The minimum atomic E-state index is -0.347. The van der Waals surface area contributed by atoms with E-state index in [1.807, 2.05) is 60.7 Å². The molecule has 0 atom stereocenters. The Morgan fingerprint density at radius 2 is 1.77 bits per heavy atom. The Morgan fingerprint density at radius 3 is 2.55 bits per heavy atom. The van der Waals surface area contributed by atoms with Gasteiger partial charge in [-0.1, -0.05) is 48.5 Å². The molecule has 0 aliphatic heterocycles. The van der Waals surface area contributed by atoms with Crippen LogP contribution in [0.5, 0.6) is 5.75 Å². The van der Waals surface area contributed by atoms with Gasteiger partial charge in [-0.05, 0) is 29.1 Å². The maximum atomic E-state index is 11.7. The molecule has 3 rings (SSSR count). The second-order valence-corrected chi connectivity index (χ2v) is 4.96. The molecule has 0 heterocycles. The molecule has 0 bridgehead atoms. The number of hydrogen-bond acceptors (Lipinski definition) is 3. The number of fused-ring (bicyclic) bond motifs is 1. The average molecular weight is 292 g/mol. The minimum absolute atomic E-state index is 0.347. The van der Waals surface area contributed by atoms with Crippen LogP contribution < -0.4 is 4.74 Å². The van der Waals surface area contributed by atoms with Crippen molar-refractivity contribution in [3.05, 3.63) is 77.9 Å². The van der Waals surface area contributed by atoms with Crippen molar-refractivity contribution in [2.24, 2.45) is 0 Å². The number of rotatable bonds is 4. The molecule has 3 aromatic rings. The van der Waals surface area contributed by atoms with Crippen LogP contribution in [0.25, 0.3) is 10.8 Å². The lowest BCUT2D eigenvalue weighted by molar-refractivity contribution is 0.0601. The van der Waals surface area contributed by atoms with Gasteiger partial charge in [0.05, 0.1) is 12.7 Å². The number of carbonyl (C=O) groups excluding carboxylic acids is 1. The first-order valence-corrected chi connectivity index (χ1v) is 7.06. The van der Waals surface area contributed by atoms with E-state index in [9.17, 15) is 4.79 Å². The number of benzene rings is 3. The second kappa shape index (κ2) is 6.31. The summed E-state index contributed by atoms with van der Waals surface area (Å²) in [5, 5.41) is 1.93. The van der Waals surface area contributed by atoms with E-state index in [2.05, 4.69) is 0 Å². The average Bonchev–Trinajstić information content (AvgIpc) is 2.59. The standard InChI is InChI=1S/C19H16O3/c1-21-19(20)16-11-10-15-8-5-9-18(17(15)12-16)22-13-14-6-3-2-4-7-14/h2-12H,13H2,1H3. The molecule has 0 aliphatic carbocycles. The molecule has 0 fully saturated rings. The van der Waals surface area contributed by atoms with Crippen LogP contribution in [0.4, 0.5) is 0 Å². The van der Waals surface area contributed by atoms with Crippen molar-refractivity contribution in [2.45, 2.75) is 6.61 Å². The molecular weight excluding hydrogens is 276 g/mol. The Hall–Kier alpha value is -2.81. The number of methoxy groups -OCH3 is 1. The summed E-state index contributed by atoms with van der Waals surface area (Å²) in [7, 11) is 1.38. The van der Waals surface area contributed by atoms with Gasteiger partial charge >= 0.3 is 5.97 Å². The zero-order chi connectivity index (χ0) is 15.4. The van der Waals surface area contributed by atoms with Gasteiger partial charge in [0.2, 0.25) is 0 Å². The van der Waals surface area contributed by atoms with Crippen LogP contribution in [0, 0.1) is 0 Å². The fourth-order valence-corrected chi connectivity index (χ4v) is 2.35. The number of hydrogen-bond donors (Lipinski definition) is 0. The van der Waals surface area contributed by atoms with E-state index >= 15 is 0 Å². The monoisotopic (exact) mass is 292 g/mol. The summed E-state index contributed by atoms with van der Waals surface area (Å²) < 4.78 is 10.7. The lowest BCUT2D eigenvalue weighted by Crippen LogP contribution is -2.01. The number of ether oxygens (including phenoxy) is 2. The van der Waals surface area contributed by atoms with Crippen LogP contribution in [-0.2, 0) is 11.3 Å². The van der Waals surface area contributed by atoms with Crippen molar-refractivity contribution in [1.29, 1.82) is 0 Å². The largest absolute Gasteiger partial charge is 0.488 e. The molecule has 0 radical (unpaired) electrons. The van der Waals surface area contributed by atoms with Crippen LogP contribution in [0.2, 0.25) is 0 Å². The topological polar surface area (TPSA) is 35.5 Å². The molecule has 3 aromatic carbocycles. The van der Waals surface area contributed by atoms with Gasteiger partial charge in [0.25, 0.3) is 0 Å². The Morgan fingerprint density at radius 1 is 0.955 bits per heavy atom. The third-order valence-corrected chi connectivity index (χ3v) is 3.50. The first-order valence-electron chi connectivity index (χ1n) is 7.06. The summed E-state index contributed by atoms with van der Waals surface area (Å²) in [6.45, 7) is 0.488. The van der Waals surface area contributed by atoms with E-state index in [4.69, 9.17) is 9.47 Å². The normalized spacial score (nSPS) is 10.4. The van der Waals surface area contributed by atoms with Crippen molar-refractivity contribution in [3.8, 4) is 5.75 Å². The first kappa shape index (κ1) is 14.1. The molecule has 3 heteroatoms. The van der Waals surface area contributed by atoms with Crippen LogP contribution in [0.3, 0.4) is 0 Å². The zero-order valence-corrected chi connectivity index (χ0v) is 12.3. The number of esters is 1. The van der Waals surface area contributed by atoms with Gasteiger partial charge in [0.1, 0.15) is 12.4 Å². The van der Waals surface area contributed by atoms with Crippen molar-refractivity contribution in [1.82, 2.24) is 0 Å². The summed E-state index contributed by atoms with van der Waals surface area (Å²) in [6.07, 6.45) is 0. The van der Waals surface area contributed by atoms with Crippen LogP contribution >= 0.6 is 0 Å². The third-order valence-electron chi connectivity index (χ3n) is 3.50. The SMILES string of the molecule is COC(=O)c1ccc2cccc(OCc3ccccc3)c2c1. The van der Waals surface area contributed by atoms with E-state index < -0.39 is 0 Å². The van der Waals surface area contributed by atoms with Gasteiger partial charge in [-0.15, -0.1) is 0 Å². The Balaban J connectivity index is 1.93. The Labute approximate surface area is 129 Å². The molecular formula is C19H16O3. The van der Waals surface area contributed by atoms with Crippen LogP contribution in [0.15, 0.2) is 66.7 Å². The van der Waals surface area contributed by atoms with E-state index in [1.165, 1.54) is 7.11 Å². The lowest BCUT2D eigenvalue weighted by Gasteiger charge is -2.10. The second-order valence-electron chi connectivity index (χ2n) is 4.96. The Bertz CT molecular complexity index is 794. The van der Waals surface area contributed by atoms with E-state index in [0.29, 0.717) is 12.2 Å². The highest BCUT2D eigenvalue weighted by Gasteiger charge is 2.09. The summed E-state index contributed by atoms with van der Waals surface area (Å²) in [6, 6.07) is 21.3. The van der Waals surface area contributed by atoms with Crippen LogP contribution in [0.1, 0.15) is 15.9 Å². The molecule has 0 spiro atoms. The van der Waals surface area contributed by atoms with E-state index in [-0.39, 0.29) is 5.97 Å². The highest BCUT2D eigenvalue weighted by molar-refractivity contribution is 5.97. The van der Waals surface area contributed by atoms with Gasteiger partial charge in [-0.25, -0.2) is 4.79 Å². The zero-order valence-electron chi connectivity index (χ0n) is 12.3. The summed E-state index contributed by atoms with van der Waals surface area (Å²) in [5.74, 6) is 0.409. The molecule has 0 unspecified atom stereocenters. The molecule has 110 valence electrons. The quantitative estimate of drug-likeness (QED) is 0.676. The highest BCUT2D eigenvalue weighted by atomic mass is 16.5. The summed E-state index contributed by atoms with van der Waals surface area (Å²) >= 11 is 0. The van der Waals surface area contributed by atoms with Gasteiger partial charge in [0, 0.05) is 5.39 Å². The third kappa shape index (κ3) is 2.93. The summed E-state index contributed by atoms with van der Waals surface area (Å²) in [5.41, 5.74) is 1.62. The van der Waals surface area contributed by atoms with Gasteiger partial charge in [0.15, 0.2) is 0 Å². The van der Waals surface area contributed by atoms with Gasteiger partial charge < -0.3 is 9.47 Å². The smallest absolute Gasteiger partial charge is 0.337 e. The van der Waals surface area contributed by atoms with Crippen LogP contribution in [-0.4, -0.2) is 13.1 Å². The van der Waals surface area contributed by atoms with E-state index in [1.54, 1.807) is 6.07 Å². The van der Waals surface area contributed by atoms with E-state index in [0.717, 1.165) is 22.1 Å². The maximum absolute atomic E-state index is 11.7. The maximum Gasteiger partial charge on any atom is 0.337 e. The lowest BCUT2D eigenvalue weighted by atomic mass is 10.1. The fraction of sp³-hybridized carbons (Fsp3) is 0.105. The predicted octanol–water partition coefficient (Wildman–Crippen LogP) is 4.21. The molecule has 0 N–H and O–H groups in total. The molecule has 3 nitrogen and oxygen atoms in total. The molecule has 0 aromatic heterocycles. The molecule has 22 heavy (non-hydrogen) atoms. The molecule has 0 amide bonds. The van der Waals surface area contributed by atoms with Crippen molar-refractivity contribution < 1.29 is 14.3 Å². The number of carbonyl (C=O) groups is 1.